The summed E-state index contributed by atoms with van der Waals surface area (Å²) >= 11 is 0. The molecule has 2 rings (SSSR count). The lowest BCUT2D eigenvalue weighted by Crippen LogP contribution is -1.91. The lowest BCUT2D eigenvalue weighted by molar-refractivity contribution is -0.385. The van der Waals surface area contributed by atoms with Crippen LogP contribution >= 0.6 is 0 Å². The van der Waals surface area contributed by atoms with Gasteiger partial charge in [-0.1, -0.05) is 12.1 Å². The summed E-state index contributed by atoms with van der Waals surface area (Å²) < 4.78 is 18.1. The average molecular weight is 263 g/mol. The van der Waals surface area contributed by atoms with E-state index in [1.165, 1.54) is 43.5 Å². The van der Waals surface area contributed by atoms with Gasteiger partial charge >= 0.3 is 5.69 Å². The number of benzene rings is 2. The van der Waals surface area contributed by atoms with Crippen LogP contribution in [0.25, 0.3) is 11.1 Å². The Labute approximate surface area is 108 Å². The molecule has 0 aliphatic rings. The Balaban J connectivity index is 2.53. The maximum absolute atomic E-state index is 13.3. The quantitative estimate of drug-likeness (QED) is 0.682. The number of ether oxygens (including phenoxy) is 1. The molecule has 5 nitrogen and oxygen atoms in total. The molecule has 0 saturated heterocycles. The summed E-state index contributed by atoms with van der Waals surface area (Å²) in [6, 6.07) is 8.09. The molecule has 0 heterocycles. The number of phenolic OH excluding ortho intramolecular Hbond substituents is 1. The van der Waals surface area contributed by atoms with E-state index < -0.39 is 22.2 Å². The summed E-state index contributed by atoms with van der Waals surface area (Å²) in [5.74, 6) is -0.879. The van der Waals surface area contributed by atoms with Crippen LogP contribution in [0.1, 0.15) is 0 Å². The number of nitro groups is 1. The molecular weight excluding hydrogens is 253 g/mol. The summed E-state index contributed by atoms with van der Waals surface area (Å²) in [5.41, 5.74) is 0.643. The van der Waals surface area contributed by atoms with Crippen LogP contribution in [-0.4, -0.2) is 17.1 Å². The van der Waals surface area contributed by atoms with Crippen LogP contribution < -0.4 is 4.74 Å². The Morgan fingerprint density at radius 3 is 2.47 bits per heavy atom. The summed E-state index contributed by atoms with van der Waals surface area (Å²) in [4.78, 5) is 10.1. The number of hydrogen-bond acceptors (Lipinski definition) is 4. The van der Waals surface area contributed by atoms with Crippen molar-refractivity contribution in [2.75, 3.05) is 7.11 Å². The zero-order chi connectivity index (χ0) is 14.0. The van der Waals surface area contributed by atoms with Gasteiger partial charge < -0.3 is 9.84 Å². The number of aromatic hydroxyl groups is 1. The minimum absolute atomic E-state index is 0.0493. The Hall–Kier alpha value is -2.63. The minimum Gasteiger partial charge on any atom is -0.502 e. The zero-order valence-corrected chi connectivity index (χ0v) is 9.96. The van der Waals surface area contributed by atoms with Crippen LogP contribution in [0.3, 0.4) is 0 Å². The van der Waals surface area contributed by atoms with Crippen molar-refractivity contribution >= 4 is 5.69 Å². The SMILES string of the molecule is COc1cc(-c2ccc(O)c([N+](=O)[O-])c2)ccc1F. The van der Waals surface area contributed by atoms with E-state index in [2.05, 4.69) is 0 Å². The molecule has 6 heteroatoms. The van der Waals surface area contributed by atoms with E-state index in [-0.39, 0.29) is 5.75 Å². The Bertz CT molecular complexity index is 643. The fourth-order valence-electron chi connectivity index (χ4n) is 1.69. The van der Waals surface area contributed by atoms with E-state index in [9.17, 15) is 19.6 Å². The monoisotopic (exact) mass is 263 g/mol. The summed E-state index contributed by atoms with van der Waals surface area (Å²) in [7, 11) is 1.33. The molecule has 19 heavy (non-hydrogen) atoms. The molecule has 0 aromatic heterocycles. The lowest BCUT2D eigenvalue weighted by atomic mass is 10.0. The van der Waals surface area contributed by atoms with E-state index >= 15 is 0 Å². The van der Waals surface area contributed by atoms with Crippen molar-refractivity contribution < 1.29 is 19.2 Å². The fourth-order valence-corrected chi connectivity index (χ4v) is 1.69. The Morgan fingerprint density at radius 2 is 1.84 bits per heavy atom. The molecule has 0 bridgehead atoms. The predicted octanol–water partition coefficient (Wildman–Crippen LogP) is 3.12. The van der Waals surface area contributed by atoms with Gasteiger partial charge in [-0.3, -0.25) is 10.1 Å². The first-order valence-electron chi connectivity index (χ1n) is 5.34. The first-order chi connectivity index (χ1) is 9.02. The largest absolute Gasteiger partial charge is 0.502 e. The average Bonchev–Trinajstić information content (AvgIpc) is 2.39. The van der Waals surface area contributed by atoms with Gasteiger partial charge in [-0.2, -0.15) is 0 Å². The van der Waals surface area contributed by atoms with E-state index in [1.54, 1.807) is 0 Å². The van der Waals surface area contributed by atoms with Crippen LogP contribution in [0.4, 0.5) is 10.1 Å². The van der Waals surface area contributed by atoms with Crippen LogP contribution in [0.2, 0.25) is 0 Å². The van der Waals surface area contributed by atoms with E-state index in [1.807, 2.05) is 0 Å². The van der Waals surface area contributed by atoms with Gasteiger partial charge in [-0.25, -0.2) is 4.39 Å². The fraction of sp³-hybridized carbons (Fsp3) is 0.0769. The molecule has 0 fully saturated rings. The van der Waals surface area contributed by atoms with Crippen LogP contribution in [0.15, 0.2) is 36.4 Å². The summed E-state index contributed by atoms with van der Waals surface area (Å²) in [6.07, 6.45) is 0. The molecule has 2 aromatic rings. The number of rotatable bonds is 3. The second-order valence-electron chi connectivity index (χ2n) is 3.81. The number of methoxy groups -OCH3 is 1. The third kappa shape index (κ3) is 2.47. The lowest BCUT2D eigenvalue weighted by Gasteiger charge is -2.06. The van der Waals surface area contributed by atoms with Gasteiger partial charge in [-0.05, 0) is 29.3 Å². The molecule has 0 unspecified atom stereocenters. The van der Waals surface area contributed by atoms with Crippen molar-refractivity contribution in [3.8, 4) is 22.6 Å². The molecule has 2 aromatic carbocycles. The van der Waals surface area contributed by atoms with Gasteiger partial charge in [0, 0.05) is 6.07 Å². The maximum Gasteiger partial charge on any atom is 0.311 e. The molecule has 0 aliphatic heterocycles. The third-order valence-electron chi connectivity index (χ3n) is 2.66. The molecule has 0 amide bonds. The molecular formula is C13H10FNO4. The van der Waals surface area contributed by atoms with Gasteiger partial charge in [0.15, 0.2) is 17.3 Å². The molecule has 0 saturated carbocycles. The highest BCUT2D eigenvalue weighted by atomic mass is 19.1. The van der Waals surface area contributed by atoms with Crippen LogP contribution in [-0.2, 0) is 0 Å². The topological polar surface area (TPSA) is 72.6 Å². The van der Waals surface area contributed by atoms with E-state index in [0.29, 0.717) is 11.1 Å². The van der Waals surface area contributed by atoms with Gasteiger partial charge in [0.2, 0.25) is 0 Å². The summed E-state index contributed by atoms with van der Waals surface area (Å²) in [5, 5.41) is 20.1. The Morgan fingerprint density at radius 1 is 1.21 bits per heavy atom. The van der Waals surface area contributed by atoms with Gasteiger partial charge in [-0.15, -0.1) is 0 Å². The van der Waals surface area contributed by atoms with E-state index in [4.69, 9.17) is 4.74 Å². The smallest absolute Gasteiger partial charge is 0.311 e. The number of nitrogens with zero attached hydrogens (tertiary/aromatic N) is 1. The second kappa shape index (κ2) is 4.93. The molecule has 98 valence electrons. The number of phenols is 1. The normalized spacial score (nSPS) is 10.2. The van der Waals surface area contributed by atoms with Gasteiger partial charge in [0.25, 0.3) is 0 Å². The number of halogens is 1. The second-order valence-corrected chi connectivity index (χ2v) is 3.81. The predicted molar refractivity (Wildman–Crippen MR) is 66.7 cm³/mol. The van der Waals surface area contributed by atoms with Gasteiger partial charge in [0.05, 0.1) is 12.0 Å². The molecule has 0 radical (unpaired) electrons. The van der Waals surface area contributed by atoms with Crippen LogP contribution in [0.5, 0.6) is 11.5 Å². The van der Waals surface area contributed by atoms with Crippen molar-refractivity contribution in [1.29, 1.82) is 0 Å². The summed E-state index contributed by atoms with van der Waals surface area (Å²) in [6.45, 7) is 0. The molecule has 1 N–H and O–H groups in total. The maximum atomic E-state index is 13.3. The van der Waals surface area contributed by atoms with Crippen molar-refractivity contribution in [2.45, 2.75) is 0 Å². The number of nitro benzene ring substituents is 1. The standard InChI is InChI=1S/C13H10FNO4/c1-19-13-7-9(2-4-10(13)14)8-3-5-12(16)11(6-8)15(17)18/h2-7,16H,1H3. The third-order valence-corrected chi connectivity index (χ3v) is 2.66. The van der Waals surface area contributed by atoms with Crippen molar-refractivity contribution in [1.82, 2.24) is 0 Å². The highest BCUT2D eigenvalue weighted by molar-refractivity contribution is 5.69. The first-order valence-corrected chi connectivity index (χ1v) is 5.34. The molecule has 0 atom stereocenters. The highest BCUT2D eigenvalue weighted by Crippen LogP contribution is 2.33. The first kappa shape index (κ1) is 12.8. The zero-order valence-electron chi connectivity index (χ0n) is 9.96. The van der Waals surface area contributed by atoms with Crippen molar-refractivity contribution in [3.05, 3.63) is 52.3 Å². The van der Waals surface area contributed by atoms with Crippen molar-refractivity contribution in [2.24, 2.45) is 0 Å². The minimum atomic E-state index is -0.681. The van der Waals surface area contributed by atoms with E-state index in [0.717, 1.165) is 0 Å². The van der Waals surface area contributed by atoms with Crippen molar-refractivity contribution in [3.63, 3.8) is 0 Å². The van der Waals surface area contributed by atoms with Gasteiger partial charge in [0.1, 0.15) is 0 Å². The number of hydrogen-bond donors (Lipinski definition) is 1. The highest BCUT2D eigenvalue weighted by Gasteiger charge is 2.15. The molecule has 0 aliphatic carbocycles. The van der Waals surface area contributed by atoms with Crippen LogP contribution in [0, 0.1) is 15.9 Å². The molecule has 0 spiro atoms. The Kier molecular flexibility index (Phi) is 3.33.